The van der Waals surface area contributed by atoms with Gasteiger partial charge in [0.15, 0.2) is 0 Å². The Balaban J connectivity index is 1.92. The molecule has 25 heavy (non-hydrogen) atoms. The number of phenols is 1. The molecule has 0 fully saturated rings. The Kier molecular flexibility index (Phi) is 4.46. The van der Waals surface area contributed by atoms with Crippen molar-refractivity contribution in [2.45, 2.75) is 13.5 Å². The fourth-order valence-electron chi connectivity index (χ4n) is 2.41. The van der Waals surface area contributed by atoms with E-state index >= 15 is 0 Å². The molecule has 0 radical (unpaired) electrons. The average molecular weight is 363 g/mol. The molecule has 0 bridgehead atoms. The van der Waals surface area contributed by atoms with Crippen LogP contribution in [0.2, 0.25) is 5.02 Å². The van der Waals surface area contributed by atoms with Gasteiger partial charge < -0.3 is 14.3 Å². The van der Waals surface area contributed by atoms with Crippen molar-refractivity contribution in [2.24, 2.45) is 0 Å². The number of benzene rings is 2. The van der Waals surface area contributed by atoms with Gasteiger partial charge in [-0.15, -0.1) is 0 Å². The predicted molar refractivity (Wildman–Crippen MR) is 89.4 cm³/mol. The van der Waals surface area contributed by atoms with Crippen molar-refractivity contribution < 1.29 is 23.4 Å². The lowest BCUT2D eigenvalue weighted by molar-refractivity contribution is 0.0468. The summed E-state index contributed by atoms with van der Waals surface area (Å²) in [7, 11) is 0. The number of ether oxygens (including phenoxy) is 1. The number of rotatable bonds is 3. The van der Waals surface area contributed by atoms with Crippen molar-refractivity contribution in [3.63, 3.8) is 0 Å². The van der Waals surface area contributed by atoms with Crippen LogP contribution in [0.4, 0.5) is 4.39 Å². The van der Waals surface area contributed by atoms with Gasteiger partial charge in [-0.3, -0.25) is 0 Å². The Hall–Kier alpha value is -2.86. The normalized spacial score (nSPS) is 10.8. The highest BCUT2D eigenvalue weighted by Gasteiger charge is 2.16. The fourth-order valence-corrected chi connectivity index (χ4v) is 2.57. The van der Waals surface area contributed by atoms with E-state index in [2.05, 4.69) is 0 Å². The van der Waals surface area contributed by atoms with Crippen LogP contribution in [0.15, 0.2) is 45.6 Å². The number of hydrogen-bond acceptors (Lipinski definition) is 5. The van der Waals surface area contributed by atoms with E-state index in [9.17, 15) is 19.1 Å². The summed E-state index contributed by atoms with van der Waals surface area (Å²) < 4.78 is 24.0. The topological polar surface area (TPSA) is 76.7 Å². The molecule has 0 aliphatic rings. The van der Waals surface area contributed by atoms with Crippen LogP contribution in [0.5, 0.6) is 5.75 Å². The van der Waals surface area contributed by atoms with E-state index in [1.165, 1.54) is 24.3 Å². The van der Waals surface area contributed by atoms with Crippen molar-refractivity contribution in [1.29, 1.82) is 0 Å². The molecule has 5 nitrogen and oxygen atoms in total. The number of esters is 1. The highest BCUT2D eigenvalue weighted by molar-refractivity contribution is 6.30. The molecule has 1 aromatic heterocycles. The summed E-state index contributed by atoms with van der Waals surface area (Å²) in [6.07, 6.45) is 0. The summed E-state index contributed by atoms with van der Waals surface area (Å²) in [5.41, 5.74) is 0.0789. The van der Waals surface area contributed by atoms with Crippen molar-refractivity contribution in [3.8, 4) is 5.75 Å². The van der Waals surface area contributed by atoms with Crippen LogP contribution >= 0.6 is 11.6 Å². The third-order valence-electron chi connectivity index (χ3n) is 3.73. The summed E-state index contributed by atoms with van der Waals surface area (Å²) in [5.74, 6) is -1.70. The third-order valence-corrected chi connectivity index (χ3v) is 3.96. The molecule has 1 heterocycles. The summed E-state index contributed by atoms with van der Waals surface area (Å²) >= 11 is 5.65. The molecule has 0 aliphatic carbocycles. The molecule has 0 saturated heterocycles. The quantitative estimate of drug-likeness (QED) is 0.563. The Morgan fingerprint density at radius 1 is 1.28 bits per heavy atom. The zero-order chi connectivity index (χ0) is 18.1. The number of aromatic hydroxyl groups is 1. The van der Waals surface area contributed by atoms with Gasteiger partial charge in [0.2, 0.25) is 0 Å². The number of carbonyl (C=O) groups is 1. The largest absolute Gasteiger partial charge is 0.508 e. The fraction of sp³-hybridized carbons (Fsp3) is 0.111. The number of fused-ring (bicyclic) bond motifs is 1. The smallest absolute Gasteiger partial charge is 0.341 e. The molecule has 0 aliphatic heterocycles. The van der Waals surface area contributed by atoms with Gasteiger partial charge >= 0.3 is 11.6 Å². The van der Waals surface area contributed by atoms with Gasteiger partial charge in [-0.1, -0.05) is 11.6 Å². The van der Waals surface area contributed by atoms with E-state index in [1.54, 1.807) is 13.0 Å². The van der Waals surface area contributed by atoms with Gasteiger partial charge in [-0.05, 0) is 37.3 Å². The maximum absolute atomic E-state index is 13.8. The Morgan fingerprint density at radius 3 is 2.76 bits per heavy atom. The van der Waals surface area contributed by atoms with Crippen LogP contribution in [-0.2, 0) is 11.3 Å². The van der Waals surface area contributed by atoms with E-state index in [0.717, 1.165) is 6.07 Å². The van der Waals surface area contributed by atoms with E-state index < -0.39 is 17.4 Å². The maximum atomic E-state index is 13.8. The van der Waals surface area contributed by atoms with Crippen LogP contribution in [-0.4, -0.2) is 11.1 Å². The van der Waals surface area contributed by atoms with Crippen LogP contribution in [0.25, 0.3) is 11.0 Å². The monoisotopic (exact) mass is 362 g/mol. The molecule has 0 atom stereocenters. The van der Waals surface area contributed by atoms with Crippen LogP contribution in [0.1, 0.15) is 21.5 Å². The first-order chi connectivity index (χ1) is 11.9. The van der Waals surface area contributed by atoms with Crippen molar-refractivity contribution in [3.05, 3.63) is 74.3 Å². The number of halogens is 2. The Morgan fingerprint density at radius 2 is 2.04 bits per heavy atom. The van der Waals surface area contributed by atoms with Crippen molar-refractivity contribution >= 4 is 28.5 Å². The van der Waals surface area contributed by atoms with E-state index in [4.69, 9.17) is 20.8 Å². The number of carbonyl (C=O) groups excluding carboxylic acids is 1. The highest BCUT2D eigenvalue weighted by Crippen LogP contribution is 2.27. The first-order valence-electron chi connectivity index (χ1n) is 7.24. The van der Waals surface area contributed by atoms with Gasteiger partial charge in [0.1, 0.15) is 23.8 Å². The van der Waals surface area contributed by atoms with E-state index in [0.29, 0.717) is 16.5 Å². The second-order valence-corrected chi connectivity index (χ2v) is 5.81. The summed E-state index contributed by atoms with van der Waals surface area (Å²) in [5, 5.41) is 10.4. The SMILES string of the molecule is Cc1c(O)ccc2c(COC(=O)c3ccc(Cl)cc3F)cc(=O)oc12. The number of hydrogen-bond donors (Lipinski definition) is 1. The molecule has 7 heteroatoms. The number of aryl methyl sites for hydroxylation is 1. The lowest BCUT2D eigenvalue weighted by atomic mass is 10.1. The van der Waals surface area contributed by atoms with Crippen LogP contribution in [0.3, 0.4) is 0 Å². The van der Waals surface area contributed by atoms with Crippen LogP contribution in [0, 0.1) is 12.7 Å². The molecule has 0 spiro atoms. The average Bonchev–Trinajstić information content (AvgIpc) is 2.56. The standard InChI is InChI=1S/C18H12ClFO5/c1-9-15(21)5-4-12-10(6-16(22)25-17(9)12)8-24-18(23)13-3-2-11(19)7-14(13)20/h2-7,21H,8H2,1H3. The lowest BCUT2D eigenvalue weighted by Crippen LogP contribution is -2.09. The zero-order valence-electron chi connectivity index (χ0n) is 13.0. The minimum atomic E-state index is -0.883. The summed E-state index contributed by atoms with van der Waals surface area (Å²) in [6, 6.07) is 7.79. The summed E-state index contributed by atoms with van der Waals surface area (Å²) in [4.78, 5) is 23.8. The van der Waals surface area contributed by atoms with Gasteiger partial charge in [0.05, 0.1) is 5.56 Å². The molecular weight excluding hydrogens is 351 g/mol. The molecule has 0 saturated carbocycles. The van der Waals surface area contributed by atoms with Gasteiger partial charge in [-0.2, -0.15) is 0 Å². The van der Waals surface area contributed by atoms with Gasteiger partial charge in [0.25, 0.3) is 0 Å². The highest BCUT2D eigenvalue weighted by atomic mass is 35.5. The minimum Gasteiger partial charge on any atom is -0.508 e. The lowest BCUT2D eigenvalue weighted by Gasteiger charge is -2.09. The first kappa shape index (κ1) is 17.0. The molecule has 3 rings (SSSR count). The third kappa shape index (κ3) is 3.34. The van der Waals surface area contributed by atoms with E-state index in [1.807, 2.05) is 0 Å². The molecule has 0 unspecified atom stereocenters. The molecule has 128 valence electrons. The second kappa shape index (κ2) is 6.57. The Bertz CT molecular complexity index is 1040. The predicted octanol–water partition coefficient (Wildman–Crippen LogP) is 3.96. The van der Waals surface area contributed by atoms with Gasteiger partial charge in [0, 0.05) is 27.6 Å². The first-order valence-corrected chi connectivity index (χ1v) is 7.62. The molecule has 3 aromatic rings. The number of phenolic OH excluding ortho intramolecular Hbond substituents is 1. The zero-order valence-corrected chi connectivity index (χ0v) is 13.8. The molecular formula is C18H12ClFO5. The molecule has 0 amide bonds. The second-order valence-electron chi connectivity index (χ2n) is 5.38. The Labute approximate surface area is 146 Å². The summed E-state index contributed by atoms with van der Waals surface area (Å²) in [6.45, 7) is 1.34. The van der Waals surface area contributed by atoms with Crippen molar-refractivity contribution in [2.75, 3.05) is 0 Å². The van der Waals surface area contributed by atoms with Crippen LogP contribution < -0.4 is 5.63 Å². The molecule has 2 aromatic carbocycles. The van der Waals surface area contributed by atoms with Crippen molar-refractivity contribution in [1.82, 2.24) is 0 Å². The van der Waals surface area contributed by atoms with E-state index in [-0.39, 0.29) is 28.5 Å². The maximum Gasteiger partial charge on any atom is 0.341 e. The minimum absolute atomic E-state index is 0.0203. The molecule has 1 N–H and O–H groups in total. The van der Waals surface area contributed by atoms with Gasteiger partial charge in [-0.25, -0.2) is 14.0 Å².